The molecule has 0 bridgehead atoms. The first-order valence-corrected chi connectivity index (χ1v) is 11.5. The molecule has 2 atom stereocenters. The van der Waals surface area contributed by atoms with Crippen LogP contribution in [0.4, 0.5) is 5.13 Å². The molecule has 0 unspecified atom stereocenters. The zero-order valence-corrected chi connectivity index (χ0v) is 19.2. The van der Waals surface area contributed by atoms with E-state index in [2.05, 4.69) is 22.4 Å². The lowest BCUT2D eigenvalue weighted by molar-refractivity contribution is -0.119. The predicted octanol–water partition coefficient (Wildman–Crippen LogP) is 4.44. The molecule has 2 heterocycles. The second-order valence-corrected chi connectivity index (χ2v) is 8.85. The van der Waals surface area contributed by atoms with Gasteiger partial charge in [0.25, 0.3) is 5.91 Å². The van der Waals surface area contributed by atoms with Gasteiger partial charge in [-0.25, -0.2) is 0 Å². The molecule has 1 N–H and O–H groups in total. The first-order chi connectivity index (χ1) is 15.5. The molecule has 1 aliphatic rings. The van der Waals surface area contributed by atoms with Crippen molar-refractivity contribution in [3.63, 3.8) is 0 Å². The molecule has 0 radical (unpaired) electrons. The summed E-state index contributed by atoms with van der Waals surface area (Å²) in [6, 6.07) is 14.3. The van der Waals surface area contributed by atoms with Gasteiger partial charge in [0.2, 0.25) is 11.0 Å². The van der Waals surface area contributed by atoms with Crippen molar-refractivity contribution in [3.05, 3.63) is 70.2 Å². The number of benzene rings is 2. The zero-order chi connectivity index (χ0) is 22.7. The molecule has 4 rings (SSSR count). The lowest BCUT2D eigenvalue weighted by Gasteiger charge is -2.39. The number of likely N-dealkylation sites (N-methyl/N-ethyl adjacent to an activating group) is 1. The van der Waals surface area contributed by atoms with Crippen molar-refractivity contribution in [2.45, 2.75) is 38.1 Å². The van der Waals surface area contributed by atoms with Crippen molar-refractivity contribution in [1.29, 1.82) is 0 Å². The van der Waals surface area contributed by atoms with Crippen molar-refractivity contribution < 1.29 is 14.3 Å². The Morgan fingerprint density at radius 1 is 1.16 bits per heavy atom. The number of ether oxygens (including phenoxy) is 1. The monoisotopic (exact) mass is 450 g/mol. The van der Waals surface area contributed by atoms with Crippen molar-refractivity contribution in [3.8, 4) is 5.75 Å². The van der Waals surface area contributed by atoms with Gasteiger partial charge in [-0.3, -0.25) is 14.9 Å². The third kappa shape index (κ3) is 4.23. The number of carbonyl (C=O) groups excluding carboxylic acids is 2. The Morgan fingerprint density at radius 2 is 1.91 bits per heavy atom. The number of amides is 2. The summed E-state index contributed by atoms with van der Waals surface area (Å²) >= 11 is 1.40. The Kier molecular flexibility index (Phi) is 6.50. The topological polar surface area (TPSA) is 84.4 Å². The molecule has 1 aromatic heterocycles. The van der Waals surface area contributed by atoms with Crippen LogP contribution in [0.2, 0.25) is 0 Å². The van der Waals surface area contributed by atoms with Crippen molar-refractivity contribution >= 4 is 28.3 Å². The Bertz CT molecular complexity index is 1110. The molecule has 0 spiro atoms. The van der Waals surface area contributed by atoms with Crippen LogP contribution in [0.3, 0.4) is 0 Å². The fourth-order valence-corrected chi connectivity index (χ4v) is 4.88. The van der Waals surface area contributed by atoms with Gasteiger partial charge in [0.05, 0.1) is 19.1 Å². The highest BCUT2D eigenvalue weighted by Crippen LogP contribution is 2.42. The summed E-state index contributed by atoms with van der Waals surface area (Å²) in [5.41, 5.74) is 2.11. The maximum absolute atomic E-state index is 13.6. The highest BCUT2D eigenvalue weighted by atomic mass is 32.1. The maximum Gasteiger partial charge on any atom is 0.254 e. The van der Waals surface area contributed by atoms with E-state index in [1.165, 1.54) is 11.3 Å². The zero-order valence-electron chi connectivity index (χ0n) is 18.4. The molecule has 2 aromatic carbocycles. The van der Waals surface area contributed by atoms with Gasteiger partial charge in [-0.05, 0) is 35.7 Å². The highest BCUT2D eigenvalue weighted by molar-refractivity contribution is 7.15. The van der Waals surface area contributed by atoms with Crippen LogP contribution in [0.5, 0.6) is 5.75 Å². The number of nitrogens with one attached hydrogen (secondary N) is 1. The molecule has 166 valence electrons. The van der Waals surface area contributed by atoms with Crippen molar-refractivity contribution in [2.75, 3.05) is 19.5 Å². The summed E-state index contributed by atoms with van der Waals surface area (Å²) in [4.78, 5) is 28.3. The van der Waals surface area contributed by atoms with Gasteiger partial charge < -0.3 is 9.64 Å². The molecule has 0 aliphatic carbocycles. The number of nitrogens with zero attached hydrogens (tertiary/aromatic N) is 3. The van der Waals surface area contributed by atoms with Crippen LogP contribution in [0.15, 0.2) is 48.5 Å². The SMILES string of the molecule is CCCCc1nnc(NC(=O)[C@@H]2c3ccccc3C(=O)N(C)[C@H]2c2ccc(OC)cc2)s1. The van der Waals surface area contributed by atoms with Crippen LogP contribution in [0.1, 0.15) is 58.2 Å². The second kappa shape index (κ2) is 9.48. The van der Waals surface area contributed by atoms with Crippen molar-refractivity contribution in [1.82, 2.24) is 15.1 Å². The first-order valence-electron chi connectivity index (χ1n) is 10.7. The van der Waals surface area contributed by atoms with Gasteiger partial charge in [0.1, 0.15) is 10.8 Å². The number of rotatable bonds is 7. The van der Waals surface area contributed by atoms with Crippen LogP contribution in [-0.4, -0.2) is 41.1 Å². The van der Waals surface area contributed by atoms with Crippen LogP contribution in [0.25, 0.3) is 0 Å². The average Bonchev–Trinajstić information content (AvgIpc) is 3.27. The summed E-state index contributed by atoms with van der Waals surface area (Å²) in [7, 11) is 3.34. The number of hydrogen-bond donors (Lipinski definition) is 1. The van der Waals surface area contributed by atoms with Gasteiger partial charge in [-0.1, -0.05) is 55.0 Å². The number of carbonyl (C=O) groups is 2. The Labute approximate surface area is 191 Å². The van der Waals surface area contributed by atoms with E-state index in [4.69, 9.17) is 4.74 Å². The number of aromatic nitrogens is 2. The molecule has 0 saturated carbocycles. The minimum Gasteiger partial charge on any atom is -0.497 e. The van der Waals surface area contributed by atoms with Crippen LogP contribution >= 0.6 is 11.3 Å². The third-order valence-electron chi connectivity index (χ3n) is 5.76. The number of fused-ring (bicyclic) bond motifs is 1. The summed E-state index contributed by atoms with van der Waals surface area (Å²) in [5.74, 6) is -0.197. The first kappa shape index (κ1) is 22.0. The molecular formula is C24H26N4O3S. The Hall–Kier alpha value is -3.26. The van der Waals surface area contributed by atoms with E-state index in [0.717, 1.165) is 29.8 Å². The Balaban J connectivity index is 1.70. The quantitative estimate of drug-likeness (QED) is 0.575. The molecule has 2 amide bonds. The molecule has 32 heavy (non-hydrogen) atoms. The van der Waals surface area contributed by atoms with Gasteiger partial charge in [-0.15, -0.1) is 10.2 Å². The number of anilines is 1. The van der Waals surface area contributed by atoms with Gasteiger partial charge in [0, 0.05) is 19.0 Å². The third-order valence-corrected chi connectivity index (χ3v) is 6.66. The van der Waals surface area contributed by atoms with Crippen LogP contribution in [0, 0.1) is 0 Å². The highest BCUT2D eigenvalue weighted by Gasteiger charge is 2.42. The normalized spacial score (nSPS) is 17.7. The van der Waals surface area contributed by atoms with E-state index < -0.39 is 12.0 Å². The summed E-state index contributed by atoms with van der Waals surface area (Å²) in [6.07, 6.45) is 2.96. The van der Waals surface area contributed by atoms with E-state index >= 15 is 0 Å². The molecule has 1 aliphatic heterocycles. The van der Waals surface area contributed by atoms with Crippen LogP contribution in [-0.2, 0) is 11.2 Å². The van der Waals surface area contributed by atoms with Gasteiger partial charge in [-0.2, -0.15) is 0 Å². The predicted molar refractivity (Wildman–Crippen MR) is 124 cm³/mol. The summed E-state index contributed by atoms with van der Waals surface area (Å²) in [6.45, 7) is 2.13. The number of unbranched alkanes of at least 4 members (excludes halogenated alkanes) is 1. The van der Waals surface area contributed by atoms with Crippen LogP contribution < -0.4 is 10.1 Å². The lowest BCUT2D eigenvalue weighted by atomic mass is 9.79. The van der Waals surface area contributed by atoms with E-state index in [1.807, 2.05) is 42.5 Å². The fourth-order valence-electron chi connectivity index (χ4n) is 4.09. The summed E-state index contributed by atoms with van der Waals surface area (Å²) in [5, 5.41) is 12.7. The minimum atomic E-state index is -0.592. The van der Waals surface area contributed by atoms with Gasteiger partial charge >= 0.3 is 0 Å². The number of aryl methyl sites for hydroxylation is 1. The minimum absolute atomic E-state index is 0.108. The maximum atomic E-state index is 13.6. The van der Waals surface area contributed by atoms with Crippen molar-refractivity contribution in [2.24, 2.45) is 0 Å². The van der Waals surface area contributed by atoms with E-state index in [-0.39, 0.29) is 11.8 Å². The molecule has 8 heteroatoms. The summed E-state index contributed by atoms with van der Waals surface area (Å²) < 4.78 is 5.27. The number of hydrogen-bond acceptors (Lipinski definition) is 6. The molecule has 3 aromatic rings. The molecule has 0 fully saturated rings. The molecule has 0 saturated heterocycles. The Morgan fingerprint density at radius 3 is 2.62 bits per heavy atom. The molecule has 7 nitrogen and oxygen atoms in total. The second-order valence-electron chi connectivity index (χ2n) is 7.79. The van der Waals surface area contributed by atoms with E-state index in [1.54, 1.807) is 25.1 Å². The smallest absolute Gasteiger partial charge is 0.254 e. The van der Waals surface area contributed by atoms with E-state index in [9.17, 15) is 9.59 Å². The largest absolute Gasteiger partial charge is 0.497 e. The number of methoxy groups -OCH3 is 1. The lowest BCUT2D eigenvalue weighted by Crippen LogP contribution is -2.44. The standard InChI is InChI=1S/C24H26N4O3S/c1-4-5-10-19-26-27-24(32-19)25-22(29)20-17-8-6-7-9-18(17)23(30)28(2)21(20)15-11-13-16(31-3)14-12-15/h6-9,11-14,20-21H,4-5,10H2,1-3H3,(H,25,27,29)/t20-,21+/m1/s1. The fraction of sp³-hybridized carbons (Fsp3) is 0.333. The van der Waals surface area contributed by atoms with E-state index in [0.29, 0.717) is 22.0 Å². The molecular weight excluding hydrogens is 424 g/mol. The average molecular weight is 451 g/mol. The van der Waals surface area contributed by atoms with Gasteiger partial charge in [0.15, 0.2) is 0 Å².